The number of likely N-dealkylation sites (tertiary alicyclic amines) is 1. The van der Waals surface area contributed by atoms with Crippen molar-refractivity contribution in [2.24, 2.45) is 11.3 Å². The topological polar surface area (TPSA) is 101 Å². The molecule has 1 aromatic carbocycles. The molecule has 0 unspecified atom stereocenters. The van der Waals surface area contributed by atoms with Gasteiger partial charge in [-0.05, 0) is 24.5 Å². The Labute approximate surface area is 151 Å². The van der Waals surface area contributed by atoms with Gasteiger partial charge in [-0.3, -0.25) is 9.59 Å². The lowest BCUT2D eigenvalue weighted by Gasteiger charge is -2.26. The third kappa shape index (κ3) is 3.31. The van der Waals surface area contributed by atoms with Crippen molar-refractivity contribution in [3.8, 4) is 11.4 Å². The number of aromatic nitrogens is 4. The van der Waals surface area contributed by atoms with Gasteiger partial charge in [0.1, 0.15) is 0 Å². The zero-order valence-electron chi connectivity index (χ0n) is 15.2. The van der Waals surface area contributed by atoms with Gasteiger partial charge < -0.3 is 10.0 Å². The molecule has 2 aromatic rings. The van der Waals surface area contributed by atoms with E-state index < -0.39 is 17.4 Å². The van der Waals surface area contributed by atoms with Gasteiger partial charge >= 0.3 is 5.97 Å². The summed E-state index contributed by atoms with van der Waals surface area (Å²) in [5.74, 6) is -0.640. The number of tetrazole rings is 1. The zero-order valence-corrected chi connectivity index (χ0v) is 15.2. The Morgan fingerprint density at radius 3 is 2.50 bits per heavy atom. The molecule has 1 N–H and O–H groups in total. The summed E-state index contributed by atoms with van der Waals surface area (Å²) in [6.07, 6.45) is 0.443. The third-order valence-corrected chi connectivity index (χ3v) is 4.89. The van der Waals surface area contributed by atoms with Crippen molar-refractivity contribution in [3.63, 3.8) is 0 Å². The lowest BCUT2D eigenvalue weighted by Crippen LogP contribution is -2.41. The van der Waals surface area contributed by atoms with E-state index in [0.717, 1.165) is 5.56 Å². The Morgan fingerprint density at radius 1 is 1.23 bits per heavy atom. The van der Waals surface area contributed by atoms with Gasteiger partial charge in [-0.2, -0.15) is 4.80 Å². The number of carboxylic acids is 1. The van der Waals surface area contributed by atoms with Gasteiger partial charge in [-0.25, -0.2) is 0 Å². The average Bonchev–Trinajstić information content (AvgIpc) is 3.23. The second kappa shape index (κ2) is 6.86. The molecule has 1 aliphatic rings. The van der Waals surface area contributed by atoms with E-state index in [4.69, 9.17) is 0 Å². The molecule has 1 aromatic heterocycles. The Kier molecular flexibility index (Phi) is 4.76. The maximum Gasteiger partial charge on any atom is 0.311 e. The van der Waals surface area contributed by atoms with E-state index in [9.17, 15) is 14.7 Å². The van der Waals surface area contributed by atoms with Crippen LogP contribution < -0.4 is 0 Å². The first-order chi connectivity index (χ1) is 12.3. The number of carboxylic acid groups (broad SMARTS) is 1. The first-order valence-electron chi connectivity index (χ1n) is 8.69. The maximum atomic E-state index is 13.0. The number of hydrogen-bond donors (Lipinski definition) is 1. The van der Waals surface area contributed by atoms with Crippen molar-refractivity contribution < 1.29 is 14.7 Å². The predicted octanol–water partition coefficient (Wildman–Crippen LogP) is 1.86. The van der Waals surface area contributed by atoms with Crippen molar-refractivity contribution in [3.05, 3.63) is 30.3 Å². The molecule has 2 heterocycles. The van der Waals surface area contributed by atoms with Crippen LogP contribution in [0.1, 0.15) is 33.2 Å². The summed E-state index contributed by atoms with van der Waals surface area (Å²) in [7, 11) is 0. The van der Waals surface area contributed by atoms with Crippen molar-refractivity contribution in [1.82, 2.24) is 25.1 Å². The molecule has 138 valence electrons. The van der Waals surface area contributed by atoms with E-state index in [1.165, 1.54) is 4.80 Å². The Morgan fingerprint density at radius 2 is 1.92 bits per heavy atom. The van der Waals surface area contributed by atoms with Gasteiger partial charge in [0.15, 0.2) is 6.04 Å². The van der Waals surface area contributed by atoms with Crippen molar-refractivity contribution in [2.45, 2.75) is 33.2 Å². The molecule has 0 aliphatic carbocycles. The predicted molar refractivity (Wildman–Crippen MR) is 94.1 cm³/mol. The minimum Gasteiger partial charge on any atom is -0.481 e. The fourth-order valence-electron chi connectivity index (χ4n) is 3.21. The molecule has 26 heavy (non-hydrogen) atoms. The number of rotatable bonds is 5. The van der Waals surface area contributed by atoms with Gasteiger partial charge in [-0.1, -0.05) is 44.2 Å². The second-order valence-corrected chi connectivity index (χ2v) is 7.36. The van der Waals surface area contributed by atoms with Crippen LogP contribution >= 0.6 is 0 Å². The van der Waals surface area contributed by atoms with Gasteiger partial charge in [0.2, 0.25) is 11.7 Å². The zero-order chi connectivity index (χ0) is 18.9. The number of benzene rings is 1. The van der Waals surface area contributed by atoms with Crippen LogP contribution in [0.25, 0.3) is 11.4 Å². The second-order valence-electron chi connectivity index (χ2n) is 7.36. The number of nitrogens with zero attached hydrogens (tertiary/aromatic N) is 5. The number of aliphatic carboxylic acids is 1. The van der Waals surface area contributed by atoms with Crippen LogP contribution in [0, 0.1) is 11.3 Å². The average molecular weight is 357 g/mol. The number of carbonyl (C=O) groups excluding carboxylic acids is 1. The summed E-state index contributed by atoms with van der Waals surface area (Å²) in [6.45, 7) is 6.13. The maximum absolute atomic E-state index is 13.0. The fourth-order valence-corrected chi connectivity index (χ4v) is 3.21. The molecular weight excluding hydrogens is 334 g/mol. The van der Waals surface area contributed by atoms with Crippen molar-refractivity contribution >= 4 is 11.9 Å². The quantitative estimate of drug-likeness (QED) is 0.876. The molecule has 3 rings (SSSR count). The smallest absolute Gasteiger partial charge is 0.311 e. The fraction of sp³-hybridized carbons (Fsp3) is 0.500. The highest BCUT2D eigenvalue weighted by Gasteiger charge is 2.44. The highest BCUT2D eigenvalue weighted by Crippen LogP contribution is 2.32. The van der Waals surface area contributed by atoms with Crippen LogP contribution in [0.15, 0.2) is 30.3 Å². The van der Waals surface area contributed by atoms with E-state index in [1.54, 1.807) is 11.8 Å². The Hall–Kier alpha value is -2.77. The van der Waals surface area contributed by atoms with Crippen molar-refractivity contribution in [1.29, 1.82) is 0 Å². The first kappa shape index (κ1) is 18.0. The minimum atomic E-state index is -0.901. The molecule has 1 amide bonds. The van der Waals surface area contributed by atoms with Crippen LogP contribution in [0.4, 0.5) is 0 Å². The van der Waals surface area contributed by atoms with Gasteiger partial charge in [-0.15, -0.1) is 10.2 Å². The first-order valence-corrected chi connectivity index (χ1v) is 8.69. The van der Waals surface area contributed by atoms with Crippen LogP contribution in [0.2, 0.25) is 0 Å². The van der Waals surface area contributed by atoms with E-state index in [0.29, 0.717) is 18.8 Å². The summed E-state index contributed by atoms with van der Waals surface area (Å²) in [5.41, 5.74) is -0.0735. The molecule has 0 spiro atoms. The molecule has 1 fully saturated rings. The van der Waals surface area contributed by atoms with Gasteiger partial charge in [0.05, 0.1) is 5.41 Å². The molecule has 8 nitrogen and oxygen atoms in total. The lowest BCUT2D eigenvalue weighted by atomic mass is 9.90. The van der Waals surface area contributed by atoms with E-state index in [1.807, 2.05) is 44.2 Å². The van der Waals surface area contributed by atoms with Crippen LogP contribution in [0.5, 0.6) is 0 Å². The number of carbonyl (C=O) groups is 2. The van der Waals surface area contributed by atoms with Crippen LogP contribution in [0.3, 0.4) is 0 Å². The van der Waals surface area contributed by atoms with Crippen molar-refractivity contribution in [2.75, 3.05) is 13.1 Å². The normalized spacial score (nSPS) is 21.2. The molecule has 0 saturated carbocycles. The van der Waals surface area contributed by atoms with E-state index in [2.05, 4.69) is 15.4 Å². The van der Waals surface area contributed by atoms with Gasteiger partial charge in [0, 0.05) is 18.7 Å². The largest absolute Gasteiger partial charge is 0.481 e. The Bertz CT molecular complexity index is 804. The summed E-state index contributed by atoms with van der Waals surface area (Å²) >= 11 is 0. The molecule has 1 aliphatic heterocycles. The van der Waals surface area contributed by atoms with Crippen LogP contribution in [-0.4, -0.2) is 55.2 Å². The van der Waals surface area contributed by atoms with E-state index in [-0.39, 0.29) is 18.4 Å². The standard InChI is InChI=1S/C18H23N5O3/c1-12(2)14(16(24)22-10-9-18(3,11-22)17(25)26)23-20-15(19-21-23)13-7-5-4-6-8-13/h4-8,12,14H,9-11H2,1-3H3,(H,25,26)/t14-,18+/m0/s1. The lowest BCUT2D eigenvalue weighted by molar-refractivity contribution is -0.147. The molecule has 8 heteroatoms. The van der Waals surface area contributed by atoms with Crippen LogP contribution in [-0.2, 0) is 9.59 Å². The monoisotopic (exact) mass is 357 g/mol. The SMILES string of the molecule is CC(C)[C@@H](C(=O)N1CC[C@@](C)(C(=O)O)C1)n1nnc(-c2ccccc2)n1. The summed E-state index contributed by atoms with van der Waals surface area (Å²) in [5, 5.41) is 21.9. The number of hydrogen-bond acceptors (Lipinski definition) is 5. The highest BCUT2D eigenvalue weighted by atomic mass is 16.4. The number of amides is 1. The summed E-state index contributed by atoms with van der Waals surface area (Å²) < 4.78 is 0. The summed E-state index contributed by atoms with van der Waals surface area (Å²) in [6, 6.07) is 8.83. The molecule has 0 bridgehead atoms. The minimum absolute atomic E-state index is 0.0583. The Balaban J connectivity index is 1.83. The van der Waals surface area contributed by atoms with Gasteiger partial charge in [0.25, 0.3) is 0 Å². The molecular formula is C18H23N5O3. The molecule has 1 saturated heterocycles. The van der Waals surface area contributed by atoms with E-state index >= 15 is 0 Å². The third-order valence-electron chi connectivity index (χ3n) is 4.89. The molecule has 0 radical (unpaired) electrons. The molecule has 2 atom stereocenters. The summed E-state index contributed by atoms with van der Waals surface area (Å²) in [4.78, 5) is 27.4. The highest BCUT2D eigenvalue weighted by molar-refractivity contribution is 5.83.